The van der Waals surface area contributed by atoms with E-state index >= 15 is 0 Å². The van der Waals surface area contributed by atoms with Crippen molar-refractivity contribution in [2.24, 2.45) is 0 Å². The van der Waals surface area contributed by atoms with E-state index in [2.05, 4.69) is 10.6 Å². The second kappa shape index (κ2) is 13.3. The monoisotopic (exact) mass is 508 g/mol. The van der Waals surface area contributed by atoms with Gasteiger partial charge in [0, 0.05) is 16.1 Å². The fraction of sp³-hybridized carbons (Fsp3) is 0.154. The van der Waals surface area contributed by atoms with Crippen LogP contribution in [0.15, 0.2) is 82.0 Å². The Hall–Kier alpha value is -3.69. The summed E-state index contributed by atoms with van der Waals surface area (Å²) < 4.78 is 4.79. The highest BCUT2D eigenvalue weighted by atomic mass is 32.2. The molecule has 2 N–H and O–H groups in total. The van der Waals surface area contributed by atoms with Crippen LogP contribution in [0.4, 0.5) is 5.69 Å². The van der Waals surface area contributed by atoms with Crippen molar-refractivity contribution in [2.75, 3.05) is 17.7 Å². The van der Waals surface area contributed by atoms with E-state index in [9.17, 15) is 19.2 Å². The van der Waals surface area contributed by atoms with Crippen molar-refractivity contribution in [3.05, 3.63) is 88.2 Å². The standard InChI is InChI=1S/C26H24N2O5S2/c1-2-33-24(30)15-21(29)17-35-22-10-6-9-20(14-22)27-26(32)23(13-18-11-12-34-16-18)28-25(31)19-7-4-3-5-8-19/h3-14,16H,2,15,17H2,1H3,(H,27,32)(H,28,31)/b23-13+. The molecule has 35 heavy (non-hydrogen) atoms. The number of esters is 1. The van der Waals surface area contributed by atoms with Crippen molar-refractivity contribution in [2.45, 2.75) is 18.2 Å². The number of anilines is 1. The molecule has 0 radical (unpaired) electrons. The molecular formula is C26H24N2O5S2. The SMILES string of the molecule is CCOC(=O)CC(=O)CSc1cccc(NC(=O)/C(=C\c2ccsc2)NC(=O)c2ccccc2)c1. The number of benzene rings is 2. The van der Waals surface area contributed by atoms with E-state index in [-0.39, 0.29) is 30.3 Å². The third-order valence-electron chi connectivity index (χ3n) is 4.52. The zero-order chi connectivity index (χ0) is 25.0. The Bertz CT molecular complexity index is 1210. The van der Waals surface area contributed by atoms with Crippen LogP contribution in [0.3, 0.4) is 0 Å². The molecular weight excluding hydrogens is 484 g/mol. The van der Waals surface area contributed by atoms with Gasteiger partial charge in [0.2, 0.25) is 0 Å². The molecule has 0 saturated heterocycles. The number of rotatable bonds is 11. The molecule has 0 atom stereocenters. The van der Waals surface area contributed by atoms with E-state index in [4.69, 9.17) is 4.74 Å². The topological polar surface area (TPSA) is 102 Å². The molecule has 0 aliphatic rings. The fourth-order valence-corrected chi connectivity index (χ4v) is 4.35. The average molecular weight is 509 g/mol. The van der Waals surface area contributed by atoms with E-state index in [1.54, 1.807) is 67.6 Å². The van der Waals surface area contributed by atoms with Crippen LogP contribution in [-0.4, -0.2) is 35.9 Å². The molecule has 0 aliphatic heterocycles. The molecule has 1 aromatic heterocycles. The lowest BCUT2D eigenvalue weighted by atomic mass is 10.2. The van der Waals surface area contributed by atoms with Gasteiger partial charge in [0.15, 0.2) is 5.78 Å². The van der Waals surface area contributed by atoms with Crippen LogP contribution in [0, 0.1) is 0 Å². The predicted octanol–water partition coefficient (Wildman–Crippen LogP) is 4.77. The zero-order valence-electron chi connectivity index (χ0n) is 19.0. The Morgan fingerprint density at radius 1 is 1.03 bits per heavy atom. The minimum absolute atomic E-state index is 0.0972. The number of carbonyl (C=O) groups excluding carboxylic acids is 4. The molecule has 0 fully saturated rings. The van der Waals surface area contributed by atoms with Crippen LogP contribution in [0.5, 0.6) is 0 Å². The maximum Gasteiger partial charge on any atom is 0.313 e. The third-order valence-corrected chi connectivity index (χ3v) is 6.28. The summed E-state index contributed by atoms with van der Waals surface area (Å²) >= 11 is 2.74. The van der Waals surface area contributed by atoms with Gasteiger partial charge >= 0.3 is 5.97 Å². The van der Waals surface area contributed by atoms with Crippen LogP contribution >= 0.6 is 23.1 Å². The highest BCUT2D eigenvalue weighted by molar-refractivity contribution is 8.00. The van der Waals surface area contributed by atoms with Gasteiger partial charge < -0.3 is 15.4 Å². The van der Waals surface area contributed by atoms with Crippen molar-refractivity contribution in [1.29, 1.82) is 0 Å². The number of thiophene rings is 1. The second-order valence-electron chi connectivity index (χ2n) is 7.23. The minimum atomic E-state index is -0.540. The number of ether oxygens (including phenoxy) is 1. The van der Waals surface area contributed by atoms with Crippen LogP contribution in [0.2, 0.25) is 0 Å². The van der Waals surface area contributed by atoms with Crippen LogP contribution < -0.4 is 10.6 Å². The van der Waals surface area contributed by atoms with Gasteiger partial charge in [-0.25, -0.2) is 0 Å². The van der Waals surface area contributed by atoms with E-state index in [1.807, 2.05) is 16.8 Å². The van der Waals surface area contributed by atoms with E-state index in [0.717, 1.165) is 10.5 Å². The first-order chi connectivity index (χ1) is 16.9. The summed E-state index contributed by atoms with van der Waals surface area (Å²) in [5.41, 5.74) is 1.82. The lowest BCUT2D eigenvalue weighted by Crippen LogP contribution is -2.30. The summed E-state index contributed by atoms with van der Waals surface area (Å²) in [6.45, 7) is 1.92. The smallest absolute Gasteiger partial charge is 0.313 e. The third kappa shape index (κ3) is 8.55. The normalized spacial score (nSPS) is 10.9. The van der Waals surface area contributed by atoms with E-state index < -0.39 is 17.8 Å². The van der Waals surface area contributed by atoms with Crippen molar-refractivity contribution in [3.63, 3.8) is 0 Å². The molecule has 2 aromatic carbocycles. The Morgan fingerprint density at radius 3 is 2.54 bits per heavy atom. The number of carbonyl (C=O) groups is 4. The summed E-state index contributed by atoms with van der Waals surface area (Å²) in [6, 6.07) is 17.5. The number of Topliss-reactive ketones (excluding diaryl/α,β-unsaturated/α-hetero) is 1. The van der Waals surface area contributed by atoms with Gasteiger partial charge in [-0.1, -0.05) is 24.3 Å². The summed E-state index contributed by atoms with van der Waals surface area (Å²) in [5.74, 6) is -1.56. The van der Waals surface area contributed by atoms with Crippen molar-refractivity contribution in [1.82, 2.24) is 5.32 Å². The first-order valence-corrected chi connectivity index (χ1v) is 12.7. The summed E-state index contributed by atoms with van der Waals surface area (Å²) in [7, 11) is 0. The lowest BCUT2D eigenvalue weighted by molar-refractivity contribution is -0.145. The van der Waals surface area contributed by atoms with Gasteiger partial charge in [-0.2, -0.15) is 11.3 Å². The van der Waals surface area contributed by atoms with Crippen LogP contribution in [0.25, 0.3) is 6.08 Å². The highest BCUT2D eigenvalue weighted by Gasteiger charge is 2.16. The molecule has 2 amide bonds. The largest absolute Gasteiger partial charge is 0.466 e. The first-order valence-electron chi connectivity index (χ1n) is 10.8. The first kappa shape index (κ1) is 25.9. The van der Waals surface area contributed by atoms with Crippen molar-refractivity contribution in [3.8, 4) is 0 Å². The van der Waals surface area contributed by atoms with Crippen molar-refractivity contribution >= 4 is 58.4 Å². The number of ketones is 1. The van der Waals surface area contributed by atoms with Crippen LogP contribution in [0.1, 0.15) is 29.3 Å². The quantitative estimate of drug-likeness (QED) is 0.167. The van der Waals surface area contributed by atoms with E-state index in [0.29, 0.717) is 11.3 Å². The van der Waals surface area contributed by atoms with Gasteiger partial charge in [0.1, 0.15) is 12.1 Å². The number of nitrogens with one attached hydrogen (secondary N) is 2. The molecule has 3 rings (SSSR count). The van der Waals surface area contributed by atoms with Gasteiger partial charge in [0.25, 0.3) is 11.8 Å². The van der Waals surface area contributed by atoms with Crippen LogP contribution in [-0.2, 0) is 19.1 Å². The summed E-state index contributed by atoms with van der Waals surface area (Å²) in [4.78, 5) is 49.9. The van der Waals surface area contributed by atoms with Gasteiger partial charge in [-0.3, -0.25) is 19.2 Å². The molecule has 9 heteroatoms. The Morgan fingerprint density at radius 2 is 1.83 bits per heavy atom. The number of thioether (sulfide) groups is 1. The summed E-state index contributed by atoms with van der Waals surface area (Å²) in [6.07, 6.45) is 1.34. The molecule has 1 heterocycles. The average Bonchev–Trinajstić information content (AvgIpc) is 3.36. The minimum Gasteiger partial charge on any atom is -0.466 e. The molecule has 0 bridgehead atoms. The second-order valence-corrected chi connectivity index (χ2v) is 9.05. The van der Waals surface area contributed by atoms with Crippen molar-refractivity contribution < 1.29 is 23.9 Å². The maximum atomic E-state index is 13.1. The summed E-state index contributed by atoms with van der Waals surface area (Å²) in [5, 5.41) is 9.24. The Labute approximate surface area is 211 Å². The predicted molar refractivity (Wildman–Crippen MR) is 138 cm³/mol. The molecule has 0 aliphatic carbocycles. The fourth-order valence-electron chi connectivity index (χ4n) is 2.92. The molecule has 0 spiro atoms. The number of hydrogen-bond acceptors (Lipinski definition) is 7. The maximum absolute atomic E-state index is 13.1. The Balaban J connectivity index is 1.67. The van der Waals surface area contributed by atoms with Gasteiger partial charge in [-0.15, -0.1) is 11.8 Å². The lowest BCUT2D eigenvalue weighted by Gasteiger charge is -2.12. The number of amides is 2. The molecule has 0 saturated carbocycles. The van der Waals surface area contributed by atoms with Gasteiger partial charge in [0.05, 0.1) is 12.4 Å². The van der Waals surface area contributed by atoms with E-state index in [1.165, 1.54) is 23.1 Å². The molecule has 3 aromatic rings. The molecule has 180 valence electrons. The Kier molecular flexibility index (Phi) is 9.82. The molecule has 0 unspecified atom stereocenters. The zero-order valence-corrected chi connectivity index (χ0v) is 20.6. The van der Waals surface area contributed by atoms with Gasteiger partial charge in [-0.05, 0) is 65.7 Å². The number of hydrogen-bond donors (Lipinski definition) is 2. The molecule has 7 nitrogen and oxygen atoms in total. The highest BCUT2D eigenvalue weighted by Crippen LogP contribution is 2.22.